The van der Waals surface area contributed by atoms with E-state index in [1.807, 2.05) is 0 Å². The molecule has 3 aromatic carbocycles. The zero-order chi connectivity index (χ0) is 30.1. The van der Waals surface area contributed by atoms with E-state index in [-0.39, 0.29) is 29.3 Å². The maximum Gasteiger partial charge on any atom is 0.586 e. The number of hydrogen-bond donors (Lipinski definition) is 2. The van der Waals surface area contributed by atoms with Gasteiger partial charge in [-0.3, -0.25) is 0 Å². The van der Waals surface area contributed by atoms with Gasteiger partial charge < -0.3 is 24.8 Å². The standard InChI is InChI=1S/C29H25F7N2O4/c30-20-12-19(13-22(15-20)40-28(33,34)25(31)32)27(16-17-6-2-1-3-7-17,38-26(39)37-21-8-4-5-9-21)18-10-11-23-24(14-18)42-29(35,36)41-23/h1-3,6-7,10-15,21,25H,4-5,8-9,16H2,(H2,37,38,39)/t27-/m1/s1. The summed E-state index contributed by atoms with van der Waals surface area (Å²) in [6, 6.07) is 13.5. The van der Waals surface area contributed by atoms with E-state index >= 15 is 0 Å². The molecule has 2 aliphatic rings. The maximum absolute atomic E-state index is 15.0. The Labute approximate surface area is 235 Å². The number of benzene rings is 3. The molecule has 1 aliphatic carbocycles. The molecule has 2 N–H and O–H groups in total. The highest BCUT2D eigenvalue weighted by Gasteiger charge is 2.47. The molecule has 0 bridgehead atoms. The van der Waals surface area contributed by atoms with Crippen LogP contribution in [0.5, 0.6) is 17.2 Å². The van der Waals surface area contributed by atoms with Crippen LogP contribution in [0.2, 0.25) is 0 Å². The highest BCUT2D eigenvalue weighted by atomic mass is 19.3. The van der Waals surface area contributed by atoms with Gasteiger partial charge in [-0.15, -0.1) is 8.78 Å². The molecule has 5 rings (SSSR count). The average molecular weight is 599 g/mol. The van der Waals surface area contributed by atoms with Crippen molar-refractivity contribution in [2.75, 3.05) is 0 Å². The van der Waals surface area contributed by atoms with E-state index in [0.29, 0.717) is 24.5 Å². The molecule has 1 atom stereocenters. The average Bonchev–Trinajstić information content (AvgIpc) is 3.53. The quantitative estimate of drug-likeness (QED) is 0.258. The fourth-order valence-corrected chi connectivity index (χ4v) is 5.23. The molecular formula is C29H25F7N2O4. The number of carbonyl (C=O) groups excluding carboxylic acids is 1. The lowest BCUT2D eigenvalue weighted by molar-refractivity contribution is -0.286. The lowest BCUT2D eigenvalue weighted by Crippen LogP contribution is -2.53. The van der Waals surface area contributed by atoms with E-state index in [4.69, 9.17) is 0 Å². The Morgan fingerprint density at radius 1 is 0.952 bits per heavy atom. The molecule has 13 heteroatoms. The summed E-state index contributed by atoms with van der Waals surface area (Å²) in [6.07, 6.45) is -10.1. The molecule has 0 saturated heterocycles. The van der Waals surface area contributed by atoms with Crippen molar-refractivity contribution < 1.29 is 49.7 Å². The Morgan fingerprint density at radius 3 is 2.33 bits per heavy atom. The topological polar surface area (TPSA) is 68.8 Å². The zero-order valence-electron chi connectivity index (χ0n) is 21.8. The van der Waals surface area contributed by atoms with Crippen molar-refractivity contribution in [3.63, 3.8) is 0 Å². The van der Waals surface area contributed by atoms with Gasteiger partial charge in [0.15, 0.2) is 11.5 Å². The normalized spacial score (nSPS) is 17.6. The molecule has 1 heterocycles. The van der Waals surface area contributed by atoms with Crippen LogP contribution in [0.3, 0.4) is 0 Å². The lowest BCUT2D eigenvalue weighted by Gasteiger charge is -2.37. The Morgan fingerprint density at radius 2 is 1.64 bits per heavy atom. The Hall–Kier alpha value is -4.16. The van der Waals surface area contributed by atoms with Gasteiger partial charge >= 0.3 is 24.9 Å². The minimum Gasteiger partial charge on any atom is -0.428 e. The van der Waals surface area contributed by atoms with Gasteiger partial charge in [0.1, 0.15) is 11.6 Å². The third-order valence-electron chi connectivity index (χ3n) is 7.10. The number of ether oxygens (including phenoxy) is 3. The minimum absolute atomic E-state index is 0.0742. The molecule has 1 saturated carbocycles. The number of urea groups is 1. The number of nitrogens with one attached hydrogen (secondary N) is 2. The van der Waals surface area contributed by atoms with Crippen molar-refractivity contribution in [1.29, 1.82) is 0 Å². The van der Waals surface area contributed by atoms with Crippen LogP contribution in [-0.2, 0) is 12.0 Å². The summed E-state index contributed by atoms with van der Waals surface area (Å²) in [6.45, 7) is 0. The highest BCUT2D eigenvalue weighted by molar-refractivity contribution is 5.77. The predicted molar refractivity (Wildman–Crippen MR) is 135 cm³/mol. The van der Waals surface area contributed by atoms with E-state index in [2.05, 4.69) is 24.8 Å². The molecule has 1 aliphatic heterocycles. The van der Waals surface area contributed by atoms with Crippen molar-refractivity contribution in [2.24, 2.45) is 0 Å². The minimum atomic E-state index is -4.95. The molecule has 6 nitrogen and oxygen atoms in total. The van der Waals surface area contributed by atoms with Gasteiger partial charge in [0.25, 0.3) is 0 Å². The molecule has 1 fully saturated rings. The van der Waals surface area contributed by atoms with Crippen LogP contribution in [0.15, 0.2) is 66.7 Å². The number of halogens is 7. The molecule has 42 heavy (non-hydrogen) atoms. The first-order chi connectivity index (χ1) is 19.8. The Kier molecular flexibility index (Phi) is 7.86. The van der Waals surface area contributed by atoms with Gasteiger partial charge in [-0.05, 0) is 53.8 Å². The summed E-state index contributed by atoms with van der Waals surface area (Å²) >= 11 is 0. The van der Waals surface area contributed by atoms with Gasteiger partial charge in [0, 0.05) is 18.5 Å². The van der Waals surface area contributed by atoms with E-state index in [9.17, 15) is 35.5 Å². The third kappa shape index (κ3) is 6.34. The number of alkyl halides is 6. The van der Waals surface area contributed by atoms with Gasteiger partial charge in [-0.2, -0.15) is 17.6 Å². The van der Waals surface area contributed by atoms with Crippen LogP contribution in [0.1, 0.15) is 42.4 Å². The van der Waals surface area contributed by atoms with Crippen molar-refractivity contribution >= 4 is 6.03 Å². The maximum atomic E-state index is 15.0. The van der Waals surface area contributed by atoms with Crippen molar-refractivity contribution in [3.8, 4) is 17.2 Å². The highest BCUT2D eigenvalue weighted by Crippen LogP contribution is 2.45. The molecule has 0 spiro atoms. The number of hydrogen-bond acceptors (Lipinski definition) is 4. The summed E-state index contributed by atoms with van der Waals surface area (Å²) in [4.78, 5) is 13.4. The lowest BCUT2D eigenvalue weighted by atomic mass is 9.77. The first-order valence-electron chi connectivity index (χ1n) is 13.0. The summed E-state index contributed by atoms with van der Waals surface area (Å²) in [7, 11) is 0. The van der Waals surface area contributed by atoms with Crippen LogP contribution in [0.25, 0.3) is 0 Å². The summed E-state index contributed by atoms with van der Waals surface area (Å²) in [5.74, 6) is -2.80. The van der Waals surface area contributed by atoms with Crippen LogP contribution < -0.4 is 24.8 Å². The largest absolute Gasteiger partial charge is 0.586 e. The second-order valence-corrected chi connectivity index (χ2v) is 10.1. The van der Waals surface area contributed by atoms with Gasteiger partial charge in [-0.25, -0.2) is 9.18 Å². The zero-order valence-corrected chi connectivity index (χ0v) is 21.8. The van der Waals surface area contributed by atoms with Crippen LogP contribution in [0.4, 0.5) is 35.5 Å². The van der Waals surface area contributed by atoms with Gasteiger partial charge in [-0.1, -0.05) is 49.2 Å². The number of fused-ring (bicyclic) bond motifs is 1. The molecule has 224 valence electrons. The van der Waals surface area contributed by atoms with Crippen LogP contribution in [-0.4, -0.2) is 30.9 Å². The fourth-order valence-electron chi connectivity index (χ4n) is 5.23. The van der Waals surface area contributed by atoms with Crippen molar-refractivity contribution in [3.05, 3.63) is 89.2 Å². The molecule has 0 aromatic heterocycles. The van der Waals surface area contributed by atoms with E-state index in [1.54, 1.807) is 30.3 Å². The molecular weight excluding hydrogens is 573 g/mol. The van der Waals surface area contributed by atoms with Gasteiger partial charge in [0.05, 0.1) is 5.54 Å². The van der Waals surface area contributed by atoms with Gasteiger partial charge in [0.2, 0.25) is 0 Å². The Bertz CT molecular complexity index is 1430. The SMILES string of the molecule is O=C(NC1CCCC1)N[C@@](Cc1ccccc1)(c1cc(F)cc(OC(F)(F)C(F)F)c1)c1ccc2c(c1)OC(F)(F)O2. The first-order valence-corrected chi connectivity index (χ1v) is 13.0. The molecule has 2 amide bonds. The second kappa shape index (κ2) is 11.3. The number of rotatable bonds is 9. The van der Waals surface area contributed by atoms with E-state index in [1.165, 1.54) is 6.07 Å². The van der Waals surface area contributed by atoms with E-state index < -0.39 is 47.7 Å². The van der Waals surface area contributed by atoms with Crippen molar-refractivity contribution in [2.45, 2.75) is 62.5 Å². The van der Waals surface area contributed by atoms with E-state index in [0.717, 1.165) is 37.1 Å². The van der Waals surface area contributed by atoms with Crippen LogP contribution >= 0.6 is 0 Å². The van der Waals surface area contributed by atoms with Crippen LogP contribution in [0, 0.1) is 5.82 Å². The molecule has 0 radical (unpaired) electrons. The summed E-state index contributed by atoms with van der Waals surface area (Å²) in [5, 5.41) is 5.64. The first kappa shape index (κ1) is 29.3. The summed E-state index contributed by atoms with van der Waals surface area (Å²) in [5.41, 5.74) is -1.41. The van der Waals surface area contributed by atoms with Crippen molar-refractivity contribution in [1.82, 2.24) is 10.6 Å². The molecule has 3 aromatic rings. The fraction of sp³-hybridized carbons (Fsp3) is 0.345. The Balaban J connectivity index is 1.67. The molecule has 0 unspecified atom stereocenters. The number of amides is 2. The predicted octanol–water partition coefficient (Wildman–Crippen LogP) is 7.11. The number of carbonyl (C=O) groups is 1. The second-order valence-electron chi connectivity index (χ2n) is 10.1. The summed E-state index contributed by atoms with van der Waals surface area (Å²) < 4.78 is 110. The third-order valence-corrected chi connectivity index (χ3v) is 7.10. The monoisotopic (exact) mass is 598 g/mol. The smallest absolute Gasteiger partial charge is 0.428 e.